The number of hydrogen-bond acceptors (Lipinski definition) is 4. The zero-order valence-corrected chi connectivity index (χ0v) is 9.71. The lowest BCUT2D eigenvalue weighted by Gasteiger charge is -2.03. The molecule has 1 aromatic heterocycles. The third-order valence-corrected chi connectivity index (χ3v) is 2.56. The Morgan fingerprint density at radius 2 is 2.17 bits per heavy atom. The summed E-state index contributed by atoms with van der Waals surface area (Å²) in [7, 11) is 0. The second-order valence-electron chi connectivity index (χ2n) is 4.15. The van der Waals surface area contributed by atoms with E-state index >= 15 is 0 Å². The number of carbonyl (C=O) groups is 1. The van der Waals surface area contributed by atoms with Crippen molar-refractivity contribution in [3.05, 3.63) is 17.3 Å². The van der Waals surface area contributed by atoms with Crippen molar-refractivity contribution in [1.29, 1.82) is 0 Å². The summed E-state index contributed by atoms with van der Waals surface area (Å²) in [5.74, 6) is -1.70. The van der Waals surface area contributed by atoms with Crippen molar-refractivity contribution in [2.75, 3.05) is 6.61 Å². The fraction of sp³-hybridized carbons (Fsp3) is 0.636. The van der Waals surface area contributed by atoms with E-state index in [4.69, 9.17) is 4.42 Å². The molecular weight excluding hydrogens is 251 g/mol. The maximum Gasteiger partial charge on any atom is 0.437 e. The van der Waals surface area contributed by atoms with Crippen LogP contribution in [0.25, 0.3) is 0 Å². The molecule has 0 atom stereocenters. The summed E-state index contributed by atoms with van der Waals surface area (Å²) >= 11 is 0. The fourth-order valence-corrected chi connectivity index (χ4v) is 1.55. The van der Waals surface area contributed by atoms with Crippen LogP contribution < -0.4 is 0 Å². The Morgan fingerprint density at radius 1 is 1.50 bits per heavy atom. The molecule has 0 bridgehead atoms. The van der Waals surface area contributed by atoms with Crippen LogP contribution in [0.4, 0.5) is 13.2 Å². The first-order valence-corrected chi connectivity index (χ1v) is 5.65. The third kappa shape index (κ3) is 2.83. The van der Waals surface area contributed by atoms with E-state index in [1.54, 1.807) is 0 Å². The number of halogens is 3. The maximum absolute atomic E-state index is 12.7. The molecule has 0 radical (unpaired) electrons. The molecule has 7 heteroatoms. The molecule has 1 saturated carbocycles. The van der Waals surface area contributed by atoms with Gasteiger partial charge in [0.2, 0.25) is 5.76 Å². The highest BCUT2D eigenvalue weighted by molar-refractivity contribution is 5.87. The molecule has 0 aromatic carbocycles. The summed E-state index contributed by atoms with van der Waals surface area (Å²) in [6.45, 7) is 1.49. The molecule has 1 aromatic rings. The van der Waals surface area contributed by atoms with Gasteiger partial charge in [-0.15, -0.1) is 0 Å². The lowest BCUT2D eigenvalue weighted by molar-refractivity contribution is -0.141. The van der Waals surface area contributed by atoms with Crippen LogP contribution in [-0.2, 0) is 17.3 Å². The molecule has 1 aliphatic carbocycles. The Labute approximate surface area is 101 Å². The molecular formula is C11H12F3NO3. The largest absolute Gasteiger partial charge is 0.460 e. The minimum absolute atomic E-state index is 0.0191. The molecule has 0 unspecified atom stereocenters. The van der Waals surface area contributed by atoms with Crippen LogP contribution in [0.15, 0.2) is 4.42 Å². The summed E-state index contributed by atoms with van der Waals surface area (Å²) < 4.78 is 47.5. The Hall–Kier alpha value is -1.53. The summed E-state index contributed by atoms with van der Waals surface area (Å²) in [6, 6.07) is 0. The van der Waals surface area contributed by atoms with Crippen LogP contribution in [-0.4, -0.2) is 17.6 Å². The smallest absolute Gasteiger partial charge is 0.437 e. The van der Waals surface area contributed by atoms with Crippen molar-refractivity contribution in [2.24, 2.45) is 5.92 Å². The number of ether oxygens (including phenoxy) is 1. The quantitative estimate of drug-likeness (QED) is 0.784. The number of esters is 1. The maximum atomic E-state index is 12.7. The van der Waals surface area contributed by atoms with E-state index < -0.39 is 23.6 Å². The number of rotatable bonds is 4. The number of aromatic nitrogens is 1. The Kier molecular flexibility index (Phi) is 3.32. The molecule has 0 amide bonds. The second-order valence-corrected chi connectivity index (χ2v) is 4.15. The lowest BCUT2D eigenvalue weighted by Crippen LogP contribution is -2.14. The fourth-order valence-electron chi connectivity index (χ4n) is 1.55. The van der Waals surface area contributed by atoms with E-state index in [0.717, 1.165) is 12.8 Å². The molecule has 100 valence electrons. The molecule has 0 N–H and O–H groups in total. The van der Waals surface area contributed by atoms with Crippen molar-refractivity contribution in [2.45, 2.75) is 32.4 Å². The SMILES string of the molecule is CCOC(=O)c1oc(CC2CC2)nc1C(F)(F)F. The molecule has 18 heavy (non-hydrogen) atoms. The van der Waals surface area contributed by atoms with Gasteiger partial charge in [0.05, 0.1) is 6.61 Å². The number of hydrogen-bond donors (Lipinski definition) is 0. The van der Waals surface area contributed by atoms with Gasteiger partial charge in [-0.1, -0.05) is 0 Å². The van der Waals surface area contributed by atoms with Crippen LogP contribution in [0.3, 0.4) is 0 Å². The summed E-state index contributed by atoms with van der Waals surface area (Å²) in [5, 5.41) is 0. The first kappa shape index (κ1) is 12.9. The predicted octanol–water partition coefficient (Wildman–Crippen LogP) is 2.82. The third-order valence-electron chi connectivity index (χ3n) is 2.56. The van der Waals surface area contributed by atoms with Gasteiger partial charge in [0.25, 0.3) is 0 Å². The van der Waals surface area contributed by atoms with Crippen molar-refractivity contribution >= 4 is 5.97 Å². The zero-order valence-electron chi connectivity index (χ0n) is 9.71. The standard InChI is InChI=1S/C11H12F3NO3/c1-2-17-10(16)8-9(11(12,13)14)15-7(18-8)5-6-3-4-6/h6H,2-5H2,1H3. The van der Waals surface area contributed by atoms with E-state index in [1.807, 2.05) is 0 Å². The molecule has 2 rings (SSSR count). The van der Waals surface area contributed by atoms with Gasteiger partial charge in [0.15, 0.2) is 11.6 Å². The Balaban J connectivity index is 2.28. The van der Waals surface area contributed by atoms with Gasteiger partial charge in [-0.2, -0.15) is 13.2 Å². The van der Waals surface area contributed by atoms with Crippen molar-refractivity contribution in [3.63, 3.8) is 0 Å². The van der Waals surface area contributed by atoms with Gasteiger partial charge in [0.1, 0.15) is 0 Å². The normalized spacial score (nSPS) is 15.8. The van der Waals surface area contributed by atoms with Crippen molar-refractivity contribution in [3.8, 4) is 0 Å². The van der Waals surface area contributed by atoms with E-state index in [2.05, 4.69) is 9.72 Å². The van der Waals surface area contributed by atoms with Gasteiger partial charge in [0, 0.05) is 6.42 Å². The molecule has 1 fully saturated rings. The number of carbonyl (C=O) groups excluding carboxylic acids is 1. The predicted molar refractivity (Wildman–Crippen MR) is 53.9 cm³/mol. The van der Waals surface area contributed by atoms with Crippen LogP contribution in [0.5, 0.6) is 0 Å². The van der Waals surface area contributed by atoms with E-state index in [0.29, 0.717) is 12.3 Å². The Morgan fingerprint density at radius 3 is 2.67 bits per heavy atom. The van der Waals surface area contributed by atoms with E-state index in [1.165, 1.54) is 6.92 Å². The summed E-state index contributed by atoms with van der Waals surface area (Å²) in [5.41, 5.74) is -1.29. The van der Waals surface area contributed by atoms with Gasteiger partial charge >= 0.3 is 12.1 Å². The molecule has 1 aliphatic rings. The Bertz CT molecular complexity index is 449. The highest BCUT2D eigenvalue weighted by atomic mass is 19.4. The van der Waals surface area contributed by atoms with Crippen LogP contribution in [0.1, 0.15) is 41.9 Å². The van der Waals surface area contributed by atoms with Gasteiger partial charge in [-0.05, 0) is 25.7 Å². The van der Waals surface area contributed by atoms with E-state index in [9.17, 15) is 18.0 Å². The van der Waals surface area contributed by atoms with Crippen molar-refractivity contribution < 1.29 is 27.1 Å². The molecule has 0 aliphatic heterocycles. The first-order valence-electron chi connectivity index (χ1n) is 5.65. The molecule has 4 nitrogen and oxygen atoms in total. The highest BCUT2D eigenvalue weighted by Crippen LogP contribution is 2.36. The van der Waals surface area contributed by atoms with Gasteiger partial charge in [-0.3, -0.25) is 0 Å². The highest BCUT2D eigenvalue weighted by Gasteiger charge is 2.42. The topological polar surface area (TPSA) is 52.3 Å². The minimum Gasteiger partial charge on any atom is -0.460 e. The van der Waals surface area contributed by atoms with E-state index in [-0.39, 0.29) is 12.5 Å². The van der Waals surface area contributed by atoms with Crippen LogP contribution >= 0.6 is 0 Å². The zero-order chi connectivity index (χ0) is 13.3. The van der Waals surface area contributed by atoms with Gasteiger partial charge < -0.3 is 9.15 Å². The molecule has 1 heterocycles. The summed E-state index contributed by atoms with van der Waals surface area (Å²) in [6.07, 6.45) is -2.47. The minimum atomic E-state index is -4.71. The number of oxazole rings is 1. The van der Waals surface area contributed by atoms with Crippen molar-refractivity contribution in [1.82, 2.24) is 4.98 Å². The van der Waals surface area contributed by atoms with Crippen LogP contribution in [0, 0.1) is 5.92 Å². The first-order chi connectivity index (χ1) is 8.41. The van der Waals surface area contributed by atoms with Crippen LogP contribution in [0.2, 0.25) is 0 Å². The number of alkyl halides is 3. The molecule has 0 spiro atoms. The monoisotopic (exact) mass is 263 g/mol. The average Bonchev–Trinajstić information content (AvgIpc) is 2.93. The second kappa shape index (κ2) is 4.62. The average molecular weight is 263 g/mol. The molecule has 0 saturated heterocycles. The summed E-state index contributed by atoms with van der Waals surface area (Å²) in [4.78, 5) is 14.7. The lowest BCUT2D eigenvalue weighted by atomic mass is 10.3. The number of nitrogens with zero attached hydrogens (tertiary/aromatic N) is 1. The van der Waals surface area contributed by atoms with Gasteiger partial charge in [-0.25, -0.2) is 9.78 Å².